The quantitative estimate of drug-likeness (QED) is 0.0952. The van der Waals surface area contributed by atoms with Crippen LogP contribution in [-0.2, 0) is 22.7 Å². The molecule has 0 unspecified atom stereocenters. The third-order valence-electron chi connectivity index (χ3n) is 7.49. The first-order chi connectivity index (χ1) is 26.4. The van der Waals surface area contributed by atoms with E-state index >= 15 is 0 Å². The molecule has 0 amide bonds. The van der Waals surface area contributed by atoms with Crippen molar-refractivity contribution in [3.8, 4) is 44.0 Å². The van der Waals surface area contributed by atoms with Gasteiger partial charge >= 0.3 is 11.9 Å². The van der Waals surface area contributed by atoms with E-state index in [9.17, 15) is 30.6 Å². The first-order valence-electron chi connectivity index (χ1n) is 15.6. The van der Waals surface area contributed by atoms with Gasteiger partial charge in [0.2, 0.25) is 11.4 Å². The fraction of sp³-hybridized carbons (Fsp3) is 0.0526. The highest BCUT2D eigenvalue weighted by molar-refractivity contribution is 7.28. The number of rotatable bonds is 10. The van der Waals surface area contributed by atoms with Crippen LogP contribution in [0.3, 0.4) is 0 Å². The lowest BCUT2D eigenvalue weighted by molar-refractivity contribution is 0.0465. The van der Waals surface area contributed by atoms with Crippen molar-refractivity contribution in [3.05, 3.63) is 107 Å². The highest BCUT2D eigenvalue weighted by Crippen LogP contribution is 2.46. The van der Waals surface area contributed by atoms with Crippen LogP contribution in [0.4, 0.5) is 10.0 Å². The number of ether oxygens (including phenoxy) is 2. The lowest BCUT2D eigenvalue weighted by Crippen LogP contribution is -2.10. The Labute approximate surface area is 322 Å². The predicted octanol–water partition coefficient (Wildman–Crippen LogP) is 9.32. The molecular formula is C38H18N8O4S4. The Morgan fingerprint density at radius 3 is 1.31 bits per heavy atom. The molecule has 0 radical (unpaired) electrons. The number of fused-ring (bicyclic) bond motifs is 2. The zero-order valence-electron chi connectivity index (χ0n) is 27.3. The summed E-state index contributed by atoms with van der Waals surface area (Å²) in [6.45, 7) is -0.0456. The van der Waals surface area contributed by atoms with Crippen molar-refractivity contribution >= 4 is 99.1 Å². The van der Waals surface area contributed by atoms with Crippen LogP contribution in [0.15, 0.2) is 94.9 Å². The average Bonchev–Trinajstić information content (AvgIpc) is 4.03. The van der Waals surface area contributed by atoms with Crippen molar-refractivity contribution in [1.82, 2.24) is 9.97 Å². The summed E-state index contributed by atoms with van der Waals surface area (Å²) < 4.78 is 12.4. The minimum atomic E-state index is -0.682. The SMILES string of the molecule is N#CC(C#N)=Nc1ccc(-c2nc3c(C(=O)OCc4ccccc4)c4sc(-c5ccc(N=C(C#N)C#N)s5)nc4c(C(=O)OCc4ccccc4)c3s2)s1. The largest absolute Gasteiger partial charge is 0.457 e. The van der Waals surface area contributed by atoms with Gasteiger partial charge in [-0.05, 0) is 35.4 Å². The van der Waals surface area contributed by atoms with E-state index in [0.29, 0.717) is 39.2 Å². The second-order valence-electron chi connectivity index (χ2n) is 10.9. The number of esters is 2. The molecule has 0 saturated carbocycles. The van der Waals surface area contributed by atoms with Crippen LogP contribution in [0, 0.1) is 45.3 Å². The number of aliphatic imine (C=N–C) groups is 2. The van der Waals surface area contributed by atoms with Gasteiger partial charge in [-0.15, -0.1) is 45.3 Å². The molecule has 0 spiro atoms. The van der Waals surface area contributed by atoms with Crippen LogP contribution in [0.5, 0.6) is 0 Å². The Morgan fingerprint density at radius 2 is 0.944 bits per heavy atom. The molecule has 16 heteroatoms. The Morgan fingerprint density at radius 1 is 0.556 bits per heavy atom. The summed E-state index contributed by atoms with van der Waals surface area (Å²) >= 11 is 4.67. The molecule has 0 aliphatic rings. The second-order valence-corrected chi connectivity index (χ2v) is 15.0. The lowest BCUT2D eigenvalue weighted by Gasteiger charge is -2.10. The number of thiazole rings is 2. The summed E-state index contributed by atoms with van der Waals surface area (Å²) in [7, 11) is 0. The van der Waals surface area contributed by atoms with Crippen molar-refractivity contribution < 1.29 is 19.1 Å². The first-order valence-corrected chi connectivity index (χ1v) is 18.8. The van der Waals surface area contributed by atoms with Crippen LogP contribution >= 0.6 is 45.3 Å². The van der Waals surface area contributed by atoms with Crippen LogP contribution in [0.25, 0.3) is 40.2 Å². The molecule has 0 saturated heterocycles. The fourth-order valence-electron chi connectivity index (χ4n) is 5.09. The fourth-order valence-corrected chi connectivity index (χ4v) is 9.17. The molecular weight excluding hydrogens is 761 g/mol. The zero-order valence-corrected chi connectivity index (χ0v) is 30.6. The summed E-state index contributed by atoms with van der Waals surface area (Å²) in [5.41, 5.74) is 1.57. The van der Waals surface area contributed by atoms with E-state index in [1.807, 2.05) is 60.7 Å². The molecule has 0 aliphatic heterocycles. The topological polar surface area (TPSA) is 198 Å². The molecule has 7 rings (SSSR count). The molecule has 0 fully saturated rings. The molecule has 4 heterocycles. The van der Waals surface area contributed by atoms with Gasteiger partial charge < -0.3 is 9.47 Å². The summed E-state index contributed by atoms with van der Waals surface area (Å²) in [4.78, 5) is 47.5. The maximum Gasteiger partial charge on any atom is 0.342 e. The van der Waals surface area contributed by atoms with Crippen molar-refractivity contribution in [2.24, 2.45) is 9.98 Å². The molecule has 0 N–H and O–H groups in total. The number of nitrogens with zero attached hydrogens (tertiary/aromatic N) is 8. The van der Waals surface area contributed by atoms with Crippen molar-refractivity contribution in [2.75, 3.05) is 0 Å². The lowest BCUT2D eigenvalue weighted by atomic mass is 10.1. The molecule has 0 bridgehead atoms. The number of carbonyl (C=O) groups excluding carboxylic acids is 2. The Balaban J connectivity index is 1.42. The highest BCUT2D eigenvalue weighted by atomic mass is 32.1. The third-order valence-corrected chi connectivity index (χ3v) is 11.9. The van der Waals surface area contributed by atoms with E-state index in [0.717, 1.165) is 33.8 Å². The van der Waals surface area contributed by atoms with Gasteiger partial charge in [-0.1, -0.05) is 60.7 Å². The highest BCUT2D eigenvalue weighted by Gasteiger charge is 2.31. The maximum atomic E-state index is 14.2. The summed E-state index contributed by atoms with van der Waals surface area (Å²) in [5, 5.41) is 38.5. The van der Waals surface area contributed by atoms with Crippen molar-refractivity contribution in [2.45, 2.75) is 13.2 Å². The van der Waals surface area contributed by atoms with E-state index in [2.05, 4.69) is 9.98 Å². The predicted molar refractivity (Wildman–Crippen MR) is 207 cm³/mol. The monoisotopic (exact) mass is 778 g/mol. The van der Waals surface area contributed by atoms with Gasteiger partial charge in [0.15, 0.2) is 0 Å². The summed E-state index contributed by atoms with van der Waals surface area (Å²) in [6, 6.07) is 32.1. The second kappa shape index (κ2) is 15.8. The van der Waals surface area contributed by atoms with Crippen LogP contribution < -0.4 is 0 Å². The van der Waals surface area contributed by atoms with Gasteiger partial charge in [-0.25, -0.2) is 29.5 Å². The van der Waals surface area contributed by atoms with E-state index in [4.69, 9.17) is 19.4 Å². The molecule has 3 aromatic carbocycles. The van der Waals surface area contributed by atoms with Gasteiger partial charge in [0.1, 0.15) is 68.6 Å². The molecule has 7 aromatic rings. The van der Waals surface area contributed by atoms with Gasteiger partial charge in [0.25, 0.3) is 0 Å². The standard InChI is InChI=1S/C38H18N8O4S4/c39-15-23(16-40)43-27-13-11-25(51-27)35-45-31-29(37(47)49-19-21-7-3-1-4-8-21)33-32(30(34(31)54-35)38(48)50-20-22-9-5-2-6-10-22)46-36(53-33)26-12-14-28(52-26)44-24(17-41)18-42/h1-14H,19-20H2. The Hall–Kier alpha value is -6.92. The first kappa shape index (κ1) is 35.5. The van der Waals surface area contributed by atoms with Crippen molar-refractivity contribution in [3.63, 3.8) is 0 Å². The molecule has 0 aliphatic carbocycles. The van der Waals surface area contributed by atoms with Gasteiger partial charge in [0, 0.05) is 0 Å². The van der Waals surface area contributed by atoms with E-state index in [1.165, 1.54) is 22.7 Å². The smallest absolute Gasteiger partial charge is 0.342 e. The number of benzene rings is 3. The minimum Gasteiger partial charge on any atom is -0.457 e. The number of aromatic nitrogens is 2. The number of thiophene rings is 2. The van der Waals surface area contributed by atoms with Crippen LogP contribution in [-0.4, -0.2) is 33.3 Å². The normalized spacial score (nSPS) is 10.4. The van der Waals surface area contributed by atoms with Gasteiger partial charge in [-0.2, -0.15) is 21.0 Å². The van der Waals surface area contributed by atoms with Crippen LogP contribution in [0.1, 0.15) is 31.8 Å². The number of carbonyl (C=O) groups is 2. The van der Waals surface area contributed by atoms with Gasteiger partial charge in [-0.3, -0.25) is 0 Å². The Bertz CT molecular complexity index is 2550. The number of hydrogen-bond donors (Lipinski definition) is 0. The number of nitriles is 4. The molecule has 258 valence electrons. The zero-order chi connectivity index (χ0) is 37.6. The van der Waals surface area contributed by atoms with E-state index in [-0.39, 0.29) is 46.8 Å². The summed E-state index contributed by atoms with van der Waals surface area (Å²) in [6.07, 6.45) is 0. The Kier molecular flexibility index (Phi) is 10.4. The number of hydrogen-bond acceptors (Lipinski definition) is 16. The molecule has 0 atom stereocenters. The van der Waals surface area contributed by atoms with Crippen molar-refractivity contribution in [1.29, 1.82) is 21.0 Å². The van der Waals surface area contributed by atoms with E-state index < -0.39 is 11.9 Å². The average molecular weight is 779 g/mol. The van der Waals surface area contributed by atoms with Gasteiger partial charge in [0.05, 0.1) is 30.2 Å². The van der Waals surface area contributed by atoms with E-state index in [1.54, 1.807) is 48.5 Å². The maximum absolute atomic E-state index is 14.2. The molecule has 4 aromatic heterocycles. The summed E-state index contributed by atoms with van der Waals surface area (Å²) in [5.74, 6) is -1.36. The molecule has 12 nitrogen and oxygen atoms in total. The molecule has 54 heavy (non-hydrogen) atoms. The minimum absolute atomic E-state index is 0.0228. The van der Waals surface area contributed by atoms with Crippen LogP contribution in [0.2, 0.25) is 0 Å². The third kappa shape index (κ3) is 7.36.